The van der Waals surface area contributed by atoms with Gasteiger partial charge in [0.2, 0.25) is 0 Å². The van der Waals surface area contributed by atoms with Crippen LogP contribution in [0.1, 0.15) is 43.7 Å². The van der Waals surface area contributed by atoms with Crippen LogP contribution in [-0.4, -0.2) is 25.5 Å². The number of hydrogen-bond acceptors (Lipinski definition) is 3. The molecule has 0 heterocycles. The quantitative estimate of drug-likeness (QED) is 0.921. The molecule has 4 heteroatoms. The Labute approximate surface area is 116 Å². The molecular formula is C15H23NO2S. The third-order valence-corrected chi connectivity index (χ3v) is 5.63. The Hall–Kier alpha value is -0.870. The minimum absolute atomic E-state index is 0.0542. The van der Waals surface area contributed by atoms with Crippen molar-refractivity contribution in [2.45, 2.75) is 44.6 Å². The topological polar surface area (TPSA) is 60.2 Å². The molecular weight excluding hydrogens is 258 g/mol. The van der Waals surface area contributed by atoms with Gasteiger partial charge in [0.25, 0.3) is 0 Å². The third kappa shape index (κ3) is 4.05. The molecule has 1 aromatic rings. The molecule has 3 nitrogen and oxygen atoms in total. The molecule has 106 valence electrons. The summed E-state index contributed by atoms with van der Waals surface area (Å²) < 4.78 is 24.5. The molecule has 0 bridgehead atoms. The zero-order valence-electron chi connectivity index (χ0n) is 11.7. The van der Waals surface area contributed by atoms with Crippen LogP contribution < -0.4 is 5.73 Å². The smallest absolute Gasteiger partial charge is 0.152 e. The zero-order valence-corrected chi connectivity index (χ0v) is 12.5. The monoisotopic (exact) mass is 281 g/mol. The Morgan fingerprint density at radius 1 is 1.32 bits per heavy atom. The Kier molecular flexibility index (Phi) is 4.02. The van der Waals surface area contributed by atoms with Gasteiger partial charge < -0.3 is 5.73 Å². The lowest BCUT2D eigenvalue weighted by Crippen LogP contribution is -2.41. The van der Waals surface area contributed by atoms with Crippen molar-refractivity contribution in [2.75, 3.05) is 11.5 Å². The van der Waals surface area contributed by atoms with Gasteiger partial charge in [-0.25, -0.2) is 8.42 Å². The first-order chi connectivity index (χ1) is 8.77. The van der Waals surface area contributed by atoms with E-state index in [0.29, 0.717) is 0 Å². The fraction of sp³-hybridized carbons (Fsp3) is 0.600. The molecule has 19 heavy (non-hydrogen) atoms. The molecule has 0 fully saturated rings. The molecule has 0 aliphatic heterocycles. The number of nitrogens with two attached hydrogens (primary N) is 1. The summed E-state index contributed by atoms with van der Waals surface area (Å²) in [6, 6.07) is 8.21. The summed E-state index contributed by atoms with van der Waals surface area (Å²) in [6.45, 7) is 3.53. The summed E-state index contributed by atoms with van der Waals surface area (Å²) in [5.74, 6) is 0.417. The van der Waals surface area contributed by atoms with E-state index in [4.69, 9.17) is 5.73 Å². The van der Waals surface area contributed by atoms with Crippen LogP contribution in [0.25, 0.3) is 0 Å². The van der Waals surface area contributed by atoms with Gasteiger partial charge in [0.15, 0.2) is 9.84 Å². The molecule has 1 aromatic carbocycles. The molecule has 1 atom stereocenters. The number of fused-ring (bicyclic) bond motifs is 1. The minimum atomic E-state index is -3.11. The van der Waals surface area contributed by atoms with Crippen LogP contribution in [0.5, 0.6) is 0 Å². The number of benzene rings is 1. The number of rotatable bonds is 4. The second-order valence-corrected chi connectivity index (χ2v) is 8.44. The summed E-state index contributed by atoms with van der Waals surface area (Å²) in [6.07, 6.45) is 3.10. The molecule has 1 aliphatic carbocycles. The van der Waals surface area contributed by atoms with Gasteiger partial charge >= 0.3 is 0 Å². The summed E-state index contributed by atoms with van der Waals surface area (Å²) in [5.41, 5.74) is 7.70. The molecule has 2 rings (SSSR count). The van der Waals surface area contributed by atoms with E-state index in [9.17, 15) is 8.42 Å². The van der Waals surface area contributed by atoms with Gasteiger partial charge in [0.1, 0.15) is 0 Å². The molecule has 0 amide bonds. The molecule has 0 spiro atoms. The van der Waals surface area contributed by atoms with Crippen molar-refractivity contribution < 1.29 is 8.42 Å². The molecule has 1 aliphatic rings. The van der Waals surface area contributed by atoms with Gasteiger partial charge in [-0.2, -0.15) is 0 Å². The Morgan fingerprint density at radius 3 is 2.68 bits per heavy atom. The fourth-order valence-corrected chi connectivity index (χ4v) is 5.17. The van der Waals surface area contributed by atoms with E-state index in [2.05, 4.69) is 12.1 Å². The van der Waals surface area contributed by atoms with Gasteiger partial charge in [0.05, 0.1) is 11.5 Å². The van der Waals surface area contributed by atoms with Crippen LogP contribution in [0.4, 0.5) is 0 Å². The maximum atomic E-state index is 12.2. The van der Waals surface area contributed by atoms with Crippen molar-refractivity contribution in [3.63, 3.8) is 0 Å². The maximum Gasteiger partial charge on any atom is 0.152 e. The van der Waals surface area contributed by atoms with Crippen molar-refractivity contribution >= 4 is 9.84 Å². The van der Waals surface area contributed by atoms with Crippen LogP contribution in [0.2, 0.25) is 0 Å². The summed E-state index contributed by atoms with van der Waals surface area (Å²) in [4.78, 5) is 0. The first kappa shape index (κ1) is 14.5. The number of hydrogen-bond donors (Lipinski definition) is 1. The van der Waals surface area contributed by atoms with Gasteiger partial charge in [-0.1, -0.05) is 24.3 Å². The maximum absolute atomic E-state index is 12.2. The average molecular weight is 281 g/mol. The summed E-state index contributed by atoms with van der Waals surface area (Å²) >= 11 is 0. The molecule has 1 unspecified atom stereocenters. The van der Waals surface area contributed by atoms with E-state index in [-0.39, 0.29) is 17.4 Å². The summed E-state index contributed by atoms with van der Waals surface area (Å²) in [7, 11) is -3.11. The highest BCUT2D eigenvalue weighted by Gasteiger charge is 2.28. The van der Waals surface area contributed by atoms with E-state index in [1.807, 2.05) is 12.1 Å². The lowest BCUT2D eigenvalue weighted by atomic mass is 9.84. The Bertz CT molecular complexity index is 544. The van der Waals surface area contributed by atoms with Crippen LogP contribution in [0.3, 0.4) is 0 Å². The second kappa shape index (κ2) is 5.25. The van der Waals surface area contributed by atoms with Crippen molar-refractivity contribution in [1.82, 2.24) is 0 Å². The standard InChI is InChI=1S/C15H23NO2S/c1-15(2,16)11-19(17,18)10-13-8-5-7-12-6-3-4-9-14(12)13/h3-4,6,9,13H,5,7-8,10-11,16H2,1-2H3. The summed E-state index contributed by atoms with van der Waals surface area (Å²) in [5, 5.41) is 0. The Morgan fingerprint density at radius 2 is 2.00 bits per heavy atom. The van der Waals surface area contributed by atoms with E-state index >= 15 is 0 Å². The highest BCUT2D eigenvalue weighted by Crippen LogP contribution is 2.32. The highest BCUT2D eigenvalue weighted by molar-refractivity contribution is 7.91. The lowest BCUT2D eigenvalue weighted by molar-refractivity contribution is 0.529. The lowest BCUT2D eigenvalue weighted by Gasteiger charge is -2.26. The van der Waals surface area contributed by atoms with Crippen LogP contribution in [0, 0.1) is 0 Å². The van der Waals surface area contributed by atoms with Gasteiger partial charge in [0, 0.05) is 5.54 Å². The fourth-order valence-electron chi connectivity index (χ4n) is 2.96. The Balaban J connectivity index is 2.17. The van der Waals surface area contributed by atoms with Gasteiger partial charge in [-0.05, 0) is 50.2 Å². The van der Waals surface area contributed by atoms with Crippen molar-refractivity contribution in [3.05, 3.63) is 35.4 Å². The van der Waals surface area contributed by atoms with Crippen molar-refractivity contribution in [3.8, 4) is 0 Å². The van der Waals surface area contributed by atoms with E-state index in [0.717, 1.165) is 19.3 Å². The minimum Gasteiger partial charge on any atom is -0.325 e. The third-order valence-electron chi connectivity index (χ3n) is 3.54. The molecule has 0 radical (unpaired) electrons. The van der Waals surface area contributed by atoms with Crippen LogP contribution in [-0.2, 0) is 16.3 Å². The van der Waals surface area contributed by atoms with Crippen molar-refractivity contribution in [2.24, 2.45) is 5.73 Å². The second-order valence-electron chi connectivity index (χ2n) is 6.33. The largest absolute Gasteiger partial charge is 0.325 e. The van der Waals surface area contributed by atoms with E-state index in [1.54, 1.807) is 13.8 Å². The number of aryl methyl sites for hydroxylation is 1. The van der Waals surface area contributed by atoms with Crippen LogP contribution >= 0.6 is 0 Å². The van der Waals surface area contributed by atoms with E-state index in [1.165, 1.54) is 11.1 Å². The van der Waals surface area contributed by atoms with Gasteiger partial charge in [-0.3, -0.25) is 0 Å². The first-order valence-corrected chi connectivity index (χ1v) is 8.66. The molecule has 0 aromatic heterocycles. The zero-order chi connectivity index (χ0) is 14.1. The van der Waals surface area contributed by atoms with Gasteiger partial charge in [-0.15, -0.1) is 0 Å². The van der Waals surface area contributed by atoms with Crippen LogP contribution in [0.15, 0.2) is 24.3 Å². The number of sulfone groups is 1. The molecule has 0 saturated carbocycles. The highest BCUT2D eigenvalue weighted by atomic mass is 32.2. The predicted molar refractivity (Wildman–Crippen MR) is 79.0 cm³/mol. The van der Waals surface area contributed by atoms with E-state index < -0.39 is 15.4 Å². The predicted octanol–water partition coefficient (Wildman–Crippen LogP) is 2.26. The SMILES string of the molecule is CC(C)(N)CS(=O)(=O)CC1CCCc2ccccc21. The van der Waals surface area contributed by atoms with Crippen molar-refractivity contribution in [1.29, 1.82) is 0 Å². The molecule has 0 saturated heterocycles. The molecule has 2 N–H and O–H groups in total. The average Bonchev–Trinajstić information content (AvgIpc) is 2.25. The first-order valence-electron chi connectivity index (χ1n) is 6.84. The normalized spacial score (nSPS) is 20.1.